The van der Waals surface area contributed by atoms with Crippen molar-refractivity contribution in [2.45, 2.75) is 22.4 Å². The van der Waals surface area contributed by atoms with Crippen molar-refractivity contribution in [2.24, 2.45) is 5.73 Å². The Labute approximate surface area is 242 Å². The van der Waals surface area contributed by atoms with E-state index in [1.54, 1.807) is 6.07 Å². The molecule has 0 unspecified atom stereocenters. The van der Waals surface area contributed by atoms with Gasteiger partial charge in [-0.15, -0.1) is 0 Å². The Morgan fingerprint density at radius 2 is 1.69 bits per heavy atom. The standard InChI is InChI=1S/C27H22ClFN2O3S.C2HF3O2/c1-34-27-21(12-13-30)25-24(31-27)11-9-20(18-7-6-16-4-2-3-5-17(16)14-18)26(25)35(32,33)19-8-10-23(29)22(28)15-19;3-2(4,5)1(6)7/h2-11,14-15,31H,12-13,30H2,1H3;(H,6,7). The summed E-state index contributed by atoms with van der Waals surface area (Å²) in [6, 6.07) is 20.7. The average molecular weight is 623 g/mol. The van der Waals surface area contributed by atoms with Crippen molar-refractivity contribution in [3.8, 4) is 17.0 Å². The minimum atomic E-state index is -5.08. The number of aromatic nitrogens is 1. The van der Waals surface area contributed by atoms with Crippen LogP contribution < -0.4 is 10.5 Å². The van der Waals surface area contributed by atoms with Gasteiger partial charge in [-0.25, -0.2) is 17.6 Å². The highest BCUT2D eigenvalue weighted by atomic mass is 35.5. The van der Waals surface area contributed by atoms with Crippen LogP contribution in [0.4, 0.5) is 17.6 Å². The third-order valence-electron chi connectivity index (χ3n) is 6.35. The second-order valence-electron chi connectivity index (χ2n) is 8.98. The summed E-state index contributed by atoms with van der Waals surface area (Å²) in [6.45, 7) is 0.297. The van der Waals surface area contributed by atoms with Crippen LogP contribution >= 0.6 is 11.6 Å². The molecule has 0 saturated carbocycles. The Morgan fingerprint density at radius 3 is 2.29 bits per heavy atom. The van der Waals surface area contributed by atoms with Gasteiger partial charge in [0, 0.05) is 22.0 Å². The highest BCUT2D eigenvalue weighted by Crippen LogP contribution is 2.42. The number of aromatic amines is 1. The van der Waals surface area contributed by atoms with Gasteiger partial charge in [-0.3, -0.25) is 0 Å². The topological polar surface area (TPSA) is 122 Å². The van der Waals surface area contributed by atoms with Crippen molar-refractivity contribution >= 4 is 49.1 Å². The van der Waals surface area contributed by atoms with E-state index in [1.807, 2.05) is 48.5 Å². The van der Waals surface area contributed by atoms with Crippen molar-refractivity contribution in [3.05, 3.63) is 89.2 Å². The molecular weight excluding hydrogens is 600 g/mol. The normalized spacial score (nSPS) is 11.8. The Balaban J connectivity index is 0.000000517. The van der Waals surface area contributed by atoms with E-state index in [0.29, 0.717) is 40.9 Å². The van der Waals surface area contributed by atoms with Gasteiger partial charge in [0.25, 0.3) is 0 Å². The molecule has 0 saturated heterocycles. The quantitative estimate of drug-likeness (QED) is 0.142. The van der Waals surface area contributed by atoms with Gasteiger partial charge in [0.2, 0.25) is 9.84 Å². The van der Waals surface area contributed by atoms with Crippen molar-refractivity contribution in [2.75, 3.05) is 13.7 Å². The van der Waals surface area contributed by atoms with E-state index in [4.69, 9.17) is 32.0 Å². The van der Waals surface area contributed by atoms with Crippen molar-refractivity contribution in [1.29, 1.82) is 0 Å². The lowest BCUT2D eigenvalue weighted by atomic mass is 9.98. The molecule has 1 heterocycles. The van der Waals surface area contributed by atoms with Gasteiger partial charge in [-0.1, -0.05) is 54.1 Å². The number of benzene rings is 4. The number of fused-ring (bicyclic) bond motifs is 2. The third-order valence-corrected chi connectivity index (χ3v) is 8.48. The number of aliphatic carboxylic acids is 1. The summed E-state index contributed by atoms with van der Waals surface area (Å²) in [7, 11) is -2.62. The zero-order valence-corrected chi connectivity index (χ0v) is 23.4. The van der Waals surface area contributed by atoms with Gasteiger partial charge < -0.3 is 20.6 Å². The van der Waals surface area contributed by atoms with Crippen molar-refractivity contribution < 1.29 is 40.6 Å². The SMILES string of the molecule is COc1[nH]c2ccc(-c3ccc4ccccc4c3)c(S(=O)(=O)c3ccc(F)c(Cl)c3)c2c1CCN.O=C(O)C(F)(F)F. The molecule has 5 aromatic rings. The maximum absolute atomic E-state index is 14.2. The van der Waals surface area contributed by atoms with Crippen LogP contribution in [0.1, 0.15) is 5.56 Å². The van der Waals surface area contributed by atoms with E-state index in [9.17, 15) is 26.0 Å². The fraction of sp³-hybridized carbons (Fsp3) is 0.138. The number of halogens is 5. The predicted octanol–water partition coefficient (Wildman–Crippen LogP) is 6.76. The van der Waals surface area contributed by atoms with Crippen molar-refractivity contribution in [3.63, 3.8) is 0 Å². The third kappa shape index (κ3) is 6.06. The lowest BCUT2D eigenvalue weighted by Gasteiger charge is -2.15. The molecule has 4 aromatic carbocycles. The lowest BCUT2D eigenvalue weighted by Crippen LogP contribution is -2.21. The first-order valence-electron chi connectivity index (χ1n) is 12.2. The predicted molar refractivity (Wildman–Crippen MR) is 151 cm³/mol. The monoisotopic (exact) mass is 622 g/mol. The van der Waals surface area contributed by atoms with Crippen LogP contribution in [-0.4, -0.2) is 44.3 Å². The van der Waals surface area contributed by atoms with Gasteiger partial charge in [-0.05, 0) is 59.6 Å². The van der Waals surface area contributed by atoms with Crippen LogP contribution in [0.5, 0.6) is 5.88 Å². The van der Waals surface area contributed by atoms with Crippen LogP contribution in [0.2, 0.25) is 5.02 Å². The summed E-state index contributed by atoms with van der Waals surface area (Å²) in [4.78, 5) is 12.1. The molecule has 42 heavy (non-hydrogen) atoms. The van der Waals surface area contributed by atoms with Gasteiger partial charge >= 0.3 is 12.1 Å². The molecule has 4 N–H and O–H groups in total. The number of rotatable bonds is 6. The number of hydrogen-bond acceptors (Lipinski definition) is 5. The summed E-state index contributed by atoms with van der Waals surface area (Å²) in [5.74, 6) is -2.99. The number of carboxylic acids is 1. The van der Waals surface area contributed by atoms with E-state index in [0.717, 1.165) is 28.5 Å². The number of ether oxygens (including phenoxy) is 1. The zero-order chi connectivity index (χ0) is 30.8. The van der Waals surface area contributed by atoms with E-state index in [-0.39, 0.29) is 14.8 Å². The molecule has 13 heteroatoms. The minimum Gasteiger partial charge on any atom is -0.482 e. The average Bonchev–Trinajstić information content (AvgIpc) is 3.31. The largest absolute Gasteiger partial charge is 0.490 e. The molecule has 0 bridgehead atoms. The fourth-order valence-electron chi connectivity index (χ4n) is 4.48. The number of carboxylic acid groups (broad SMARTS) is 1. The molecule has 0 spiro atoms. The molecule has 0 radical (unpaired) electrons. The van der Waals surface area contributed by atoms with Crippen LogP contribution in [0.3, 0.4) is 0 Å². The summed E-state index contributed by atoms with van der Waals surface area (Å²) in [5.41, 5.74) is 8.39. The number of nitrogens with two attached hydrogens (primary N) is 1. The highest BCUT2D eigenvalue weighted by molar-refractivity contribution is 7.92. The molecule has 0 aliphatic carbocycles. The number of alkyl halides is 3. The smallest absolute Gasteiger partial charge is 0.482 e. The molecule has 0 fully saturated rings. The molecule has 5 rings (SSSR count). The number of methoxy groups -OCH3 is 1. The summed E-state index contributed by atoms with van der Waals surface area (Å²) in [5, 5.41) is 9.38. The van der Waals surface area contributed by atoms with Crippen molar-refractivity contribution in [1.82, 2.24) is 4.98 Å². The Hall–Kier alpha value is -4.13. The number of hydrogen-bond donors (Lipinski definition) is 3. The van der Waals surface area contributed by atoms with Crippen LogP contribution in [-0.2, 0) is 21.1 Å². The fourth-order valence-corrected chi connectivity index (χ4v) is 6.46. The first-order valence-corrected chi connectivity index (χ1v) is 14.1. The van der Waals surface area contributed by atoms with E-state index >= 15 is 0 Å². The Kier molecular flexibility index (Phi) is 8.81. The van der Waals surface area contributed by atoms with E-state index in [2.05, 4.69) is 4.98 Å². The first-order chi connectivity index (χ1) is 19.8. The van der Waals surface area contributed by atoms with Crippen LogP contribution in [0.15, 0.2) is 82.6 Å². The van der Waals surface area contributed by atoms with Gasteiger partial charge in [0.1, 0.15) is 5.82 Å². The number of nitrogens with one attached hydrogen (secondary N) is 1. The van der Waals surface area contributed by atoms with Gasteiger partial charge in [-0.2, -0.15) is 13.2 Å². The van der Waals surface area contributed by atoms with E-state index in [1.165, 1.54) is 13.2 Å². The molecule has 0 aliphatic heterocycles. The van der Waals surface area contributed by atoms with Crippen LogP contribution in [0, 0.1) is 5.82 Å². The maximum atomic E-state index is 14.2. The molecule has 0 aliphatic rings. The molecule has 7 nitrogen and oxygen atoms in total. The molecule has 0 amide bonds. The van der Waals surface area contributed by atoms with E-state index < -0.39 is 27.8 Å². The zero-order valence-electron chi connectivity index (χ0n) is 21.8. The number of sulfone groups is 1. The van der Waals surface area contributed by atoms with Crippen LogP contribution in [0.25, 0.3) is 32.8 Å². The maximum Gasteiger partial charge on any atom is 0.490 e. The molecular formula is C29H23ClF4N2O5S. The second kappa shape index (κ2) is 12.0. The second-order valence-corrected chi connectivity index (χ2v) is 11.3. The summed E-state index contributed by atoms with van der Waals surface area (Å²) >= 11 is 5.97. The Morgan fingerprint density at radius 1 is 1.02 bits per heavy atom. The molecule has 1 aromatic heterocycles. The Bertz CT molecular complexity index is 1910. The number of carbonyl (C=O) groups is 1. The van der Waals surface area contributed by atoms with Gasteiger partial charge in [0.05, 0.1) is 21.9 Å². The summed E-state index contributed by atoms with van der Waals surface area (Å²) < 4.78 is 79.5. The molecule has 0 atom stereocenters. The summed E-state index contributed by atoms with van der Waals surface area (Å²) in [6.07, 6.45) is -4.68. The van der Waals surface area contributed by atoms with Gasteiger partial charge in [0.15, 0.2) is 5.88 Å². The lowest BCUT2D eigenvalue weighted by molar-refractivity contribution is -0.192. The first kappa shape index (κ1) is 30.8. The molecule has 220 valence electrons. The number of H-pyrrole nitrogens is 1. The minimum absolute atomic E-state index is 0.0935. The highest BCUT2D eigenvalue weighted by Gasteiger charge is 2.38.